The maximum atomic E-state index is 8.79. The first kappa shape index (κ1) is 15.5. The van der Waals surface area contributed by atoms with Crippen molar-refractivity contribution in [1.82, 2.24) is 4.90 Å². The lowest BCUT2D eigenvalue weighted by molar-refractivity contribution is 0.120. The minimum Gasteiger partial charge on any atom is -0.494 e. The Balaban J connectivity index is 2.14. The molecule has 4 nitrogen and oxygen atoms in total. The van der Waals surface area contributed by atoms with E-state index in [1.807, 2.05) is 19.1 Å². The zero-order valence-electron chi connectivity index (χ0n) is 11.8. The minimum atomic E-state index is 0.631. The number of ether oxygens (including phenoxy) is 2. The van der Waals surface area contributed by atoms with Crippen molar-refractivity contribution in [2.45, 2.75) is 13.3 Å². The lowest BCUT2D eigenvalue weighted by Gasteiger charge is -2.16. The second-order valence-corrected chi connectivity index (χ2v) is 4.34. The van der Waals surface area contributed by atoms with Crippen LogP contribution in [-0.2, 0) is 4.74 Å². The highest BCUT2D eigenvalue weighted by Crippen LogP contribution is 2.12. The van der Waals surface area contributed by atoms with Gasteiger partial charge in [0.2, 0.25) is 0 Å². The molecule has 0 spiro atoms. The SMILES string of the molecule is CCOCCN(C)CCCOc1cccc(C#N)c1. The van der Waals surface area contributed by atoms with E-state index in [1.165, 1.54) is 0 Å². The smallest absolute Gasteiger partial charge is 0.120 e. The van der Waals surface area contributed by atoms with Crippen LogP contribution in [0, 0.1) is 11.3 Å². The molecule has 0 aliphatic rings. The molecule has 0 aliphatic carbocycles. The normalized spacial score (nSPS) is 10.4. The number of nitriles is 1. The van der Waals surface area contributed by atoms with Gasteiger partial charge in [-0.15, -0.1) is 0 Å². The summed E-state index contributed by atoms with van der Waals surface area (Å²) in [4.78, 5) is 2.23. The highest BCUT2D eigenvalue weighted by molar-refractivity contribution is 5.36. The summed E-state index contributed by atoms with van der Waals surface area (Å²) in [7, 11) is 2.08. The van der Waals surface area contributed by atoms with Crippen molar-refractivity contribution in [1.29, 1.82) is 5.26 Å². The van der Waals surface area contributed by atoms with Gasteiger partial charge < -0.3 is 14.4 Å². The second-order valence-electron chi connectivity index (χ2n) is 4.34. The molecule has 0 heterocycles. The average molecular weight is 262 g/mol. The fraction of sp³-hybridized carbons (Fsp3) is 0.533. The number of hydrogen-bond acceptors (Lipinski definition) is 4. The van der Waals surface area contributed by atoms with Gasteiger partial charge >= 0.3 is 0 Å². The molecule has 0 saturated carbocycles. The monoisotopic (exact) mass is 262 g/mol. The molecule has 4 heteroatoms. The molecule has 0 aliphatic heterocycles. The van der Waals surface area contributed by atoms with Crippen LogP contribution in [0.1, 0.15) is 18.9 Å². The third kappa shape index (κ3) is 6.80. The summed E-state index contributed by atoms with van der Waals surface area (Å²) in [6.07, 6.45) is 0.958. The number of rotatable bonds is 9. The minimum absolute atomic E-state index is 0.631. The first-order valence-electron chi connectivity index (χ1n) is 6.65. The van der Waals surface area contributed by atoms with Crippen LogP contribution in [0.5, 0.6) is 5.75 Å². The molecule has 104 valence electrons. The molecule has 0 saturated heterocycles. The van der Waals surface area contributed by atoms with Gasteiger partial charge in [0, 0.05) is 19.7 Å². The highest BCUT2D eigenvalue weighted by atomic mass is 16.5. The predicted octanol–water partition coefficient (Wildman–Crippen LogP) is 2.30. The molecule has 0 fully saturated rings. The Labute approximate surface area is 115 Å². The third-order valence-corrected chi connectivity index (χ3v) is 2.74. The van der Waals surface area contributed by atoms with E-state index in [4.69, 9.17) is 14.7 Å². The largest absolute Gasteiger partial charge is 0.494 e. The van der Waals surface area contributed by atoms with E-state index < -0.39 is 0 Å². The first-order chi connectivity index (χ1) is 9.26. The Morgan fingerprint density at radius 3 is 2.84 bits per heavy atom. The average Bonchev–Trinajstić information content (AvgIpc) is 2.44. The summed E-state index contributed by atoms with van der Waals surface area (Å²) in [6, 6.07) is 9.35. The molecule has 0 bridgehead atoms. The van der Waals surface area contributed by atoms with E-state index >= 15 is 0 Å². The van der Waals surface area contributed by atoms with Crippen molar-refractivity contribution in [2.75, 3.05) is 40.0 Å². The van der Waals surface area contributed by atoms with Crippen molar-refractivity contribution in [3.05, 3.63) is 29.8 Å². The topological polar surface area (TPSA) is 45.5 Å². The Morgan fingerprint density at radius 1 is 1.26 bits per heavy atom. The summed E-state index contributed by atoms with van der Waals surface area (Å²) >= 11 is 0. The van der Waals surface area contributed by atoms with Crippen molar-refractivity contribution in [3.63, 3.8) is 0 Å². The summed E-state index contributed by atoms with van der Waals surface area (Å²) in [5.74, 6) is 0.760. The Bertz CT molecular complexity index is 401. The van der Waals surface area contributed by atoms with Crippen LogP contribution < -0.4 is 4.74 Å². The molecular formula is C15H22N2O2. The Kier molecular flexibility index (Phi) is 7.64. The summed E-state index contributed by atoms with van der Waals surface area (Å²) in [5, 5.41) is 8.79. The van der Waals surface area contributed by atoms with E-state index in [0.29, 0.717) is 12.2 Å². The van der Waals surface area contributed by atoms with Crippen molar-refractivity contribution < 1.29 is 9.47 Å². The summed E-state index contributed by atoms with van der Waals surface area (Å²) in [6.45, 7) is 6.13. The van der Waals surface area contributed by atoms with Crippen LogP contribution in [0.4, 0.5) is 0 Å². The van der Waals surface area contributed by atoms with Crippen LogP contribution in [0.2, 0.25) is 0 Å². The van der Waals surface area contributed by atoms with Gasteiger partial charge in [0.25, 0.3) is 0 Å². The molecular weight excluding hydrogens is 240 g/mol. The molecule has 0 amide bonds. The van der Waals surface area contributed by atoms with E-state index in [0.717, 1.165) is 38.5 Å². The van der Waals surface area contributed by atoms with Gasteiger partial charge in [-0.05, 0) is 38.6 Å². The quantitative estimate of drug-likeness (QED) is 0.641. The summed E-state index contributed by atoms with van der Waals surface area (Å²) in [5.41, 5.74) is 0.631. The van der Waals surface area contributed by atoms with E-state index in [2.05, 4.69) is 18.0 Å². The first-order valence-corrected chi connectivity index (χ1v) is 6.65. The maximum absolute atomic E-state index is 8.79. The van der Waals surface area contributed by atoms with E-state index in [-0.39, 0.29) is 0 Å². The van der Waals surface area contributed by atoms with Crippen molar-refractivity contribution >= 4 is 0 Å². The highest BCUT2D eigenvalue weighted by Gasteiger charge is 1.99. The Morgan fingerprint density at radius 2 is 2.11 bits per heavy atom. The third-order valence-electron chi connectivity index (χ3n) is 2.74. The lowest BCUT2D eigenvalue weighted by Crippen LogP contribution is -2.25. The van der Waals surface area contributed by atoms with Gasteiger partial charge in [0.05, 0.1) is 24.8 Å². The van der Waals surface area contributed by atoms with Crippen LogP contribution in [-0.4, -0.2) is 44.9 Å². The molecule has 0 N–H and O–H groups in total. The van der Waals surface area contributed by atoms with E-state index in [9.17, 15) is 0 Å². The van der Waals surface area contributed by atoms with E-state index in [1.54, 1.807) is 12.1 Å². The van der Waals surface area contributed by atoms with Crippen molar-refractivity contribution in [2.24, 2.45) is 0 Å². The number of hydrogen-bond donors (Lipinski definition) is 0. The van der Waals surface area contributed by atoms with Crippen LogP contribution >= 0.6 is 0 Å². The van der Waals surface area contributed by atoms with Gasteiger partial charge in [0.15, 0.2) is 0 Å². The van der Waals surface area contributed by atoms with Crippen LogP contribution in [0.3, 0.4) is 0 Å². The fourth-order valence-electron chi connectivity index (χ4n) is 1.66. The molecule has 0 atom stereocenters. The fourth-order valence-corrected chi connectivity index (χ4v) is 1.66. The zero-order valence-corrected chi connectivity index (χ0v) is 11.8. The number of likely N-dealkylation sites (N-methyl/N-ethyl adjacent to an activating group) is 1. The standard InChI is InChI=1S/C15H22N2O2/c1-3-18-11-9-17(2)8-5-10-19-15-7-4-6-14(12-15)13-16/h4,6-7,12H,3,5,8-11H2,1-2H3. The summed E-state index contributed by atoms with van der Waals surface area (Å²) < 4.78 is 10.9. The molecule has 0 radical (unpaired) electrons. The molecule has 0 unspecified atom stereocenters. The zero-order chi connectivity index (χ0) is 13.9. The lowest BCUT2D eigenvalue weighted by atomic mass is 10.2. The second kappa shape index (κ2) is 9.37. The van der Waals surface area contributed by atoms with Gasteiger partial charge in [-0.1, -0.05) is 6.07 Å². The van der Waals surface area contributed by atoms with Gasteiger partial charge in [-0.3, -0.25) is 0 Å². The number of benzene rings is 1. The molecule has 1 aromatic carbocycles. The van der Waals surface area contributed by atoms with Gasteiger partial charge in [0.1, 0.15) is 5.75 Å². The molecule has 0 aromatic heterocycles. The van der Waals surface area contributed by atoms with Crippen molar-refractivity contribution in [3.8, 4) is 11.8 Å². The molecule has 1 aromatic rings. The number of nitrogens with zero attached hydrogens (tertiary/aromatic N) is 2. The van der Waals surface area contributed by atoms with Crippen LogP contribution in [0.25, 0.3) is 0 Å². The van der Waals surface area contributed by atoms with Crippen LogP contribution in [0.15, 0.2) is 24.3 Å². The maximum Gasteiger partial charge on any atom is 0.120 e. The molecule has 19 heavy (non-hydrogen) atoms. The predicted molar refractivity (Wildman–Crippen MR) is 75.3 cm³/mol. The Hall–Kier alpha value is -1.57. The van der Waals surface area contributed by atoms with Gasteiger partial charge in [-0.2, -0.15) is 5.26 Å². The molecule has 1 rings (SSSR count). The van der Waals surface area contributed by atoms with Gasteiger partial charge in [-0.25, -0.2) is 0 Å².